The van der Waals surface area contributed by atoms with Crippen molar-refractivity contribution in [2.75, 3.05) is 26.7 Å². The first-order chi connectivity index (χ1) is 9.60. The van der Waals surface area contributed by atoms with Crippen molar-refractivity contribution in [2.45, 2.75) is 52.9 Å². The van der Waals surface area contributed by atoms with E-state index in [1.165, 1.54) is 13.5 Å². The van der Waals surface area contributed by atoms with Crippen LogP contribution < -0.4 is 10.6 Å². The van der Waals surface area contributed by atoms with Gasteiger partial charge in [0.2, 0.25) is 0 Å². The van der Waals surface area contributed by atoms with E-state index in [1.807, 2.05) is 0 Å². The first-order valence-corrected chi connectivity index (χ1v) is 7.69. The quantitative estimate of drug-likeness (QED) is 0.280. The molecule has 5 nitrogen and oxygen atoms in total. The summed E-state index contributed by atoms with van der Waals surface area (Å²) in [7, 11) is 1.42. The summed E-state index contributed by atoms with van der Waals surface area (Å²) in [5, 5.41) is 6.52. The van der Waals surface area contributed by atoms with E-state index in [0.29, 0.717) is 6.42 Å². The van der Waals surface area contributed by atoms with Gasteiger partial charge in [0.05, 0.1) is 7.11 Å². The molecule has 0 aromatic heterocycles. The standard InChI is InChI=1S/C15H31N3O2/c1-5-16-15(18-12-8-9-13(2)3)17-11-7-6-10-14(19)20-4/h13H,5-12H2,1-4H3,(H2,16,17,18). The molecule has 0 amide bonds. The molecule has 0 heterocycles. The van der Waals surface area contributed by atoms with Gasteiger partial charge in [-0.3, -0.25) is 9.79 Å². The summed E-state index contributed by atoms with van der Waals surface area (Å²) in [5.74, 6) is 1.47. The van der Waals surface area contributed by atoms with Crippen molar-refractivity contribution < 1.29 is 9.53 Å². The Hall–Kier alpha value is -1.26. The Labute approximate surface area is 123 Å². The average molecular weight is 285 g/mol. The lowest BCUT2D eigenvalue weighted by atomic mass is 10.1. The van der Waals surface area contributed by atoms with Crippen LogP contribution in [0.4, 0.5) is 0 Å². The summed E-state index contributed by atoms with van der Waals surface area (Å²) in [6.07, 6.45) is 4.59. The SMILES string of the molecule is CCNC(=NCCCC(C)C)NCCCCC(=O)OC. The summed E-state index contributed by atoms with van der Waals surface area (Å²) in [6.45, 7) is 9.06. The van der Waals surface area contributed by atoms with Crippen LogP contribution in [-0.4, -0.2) is 38.7 Å². The molecule has 0 atom stereocenters. The third-order valence-corrected chi connectivity index (χ3v) is 2.88. The van der Waals surface area contributed by atoms with Crippen LogP contribution in [0.2, 0.25) is 0 Å². The predicted octanol–water partition coefficient (Wildman–Crippen LogP) is 2.32. The third kappa shape index (κ3) is 11.8. The fourth-order valence-electron chi connectivity index (χ4n) is 1.74. The largest absolute Gasteiger partial charge is 0.469 e. The number of methoxy groups -OCH3 is 1. The fourth-order valence-corrected chi connectivity index (χ4v) is 1.74. The Balaban J connectivity index is 3.78. The Morgan fingerprint density at radius 2 is 1.95 bits per heavy atom. The molecule has 0 aliphatic heterocycles. The molecule has 0 spiro atoms. The molecule has 0 bridgehead atoms. The van der Waals surface area contributed by atoms with Crippen molar-refractivity contribution in [3.63, 3.8) is 0 Å². The number of nitrogens with one attached hydrogen (secondary N) is 2. The maximum absolute atomic E-state index is 11.0. The molecule has 0 fully saturated rings. The lowest BCUT2D eigenvalue weighted by molar-refractivity contribution is -0.140. The maximum Gasteiger partial charge on any atom is 0.305 e. The summed E-state index contributed by atoms with van der Waals surface area (Å²) >= 11 is 0. The van der Waals surface area contributed by atoms with Crippen LogP contribution >= 0.6 is 0 Å². The number of aliphatic imine (C=N–C) groups is 1. The van der Waals surface area contributed by atoms with E-state index in [-0.39, 0.29) is 5.97 Å². The van der Waals surface area contributed by atoms with Crippen molar-refractivity contribution in [1.82, 2.24) is 10.6 Å². The van der Waals surface area contributed by atoms with Gasteiger partial charge in [0.25, 0.3) is 0 Å². The first kappa shape index (κ1) is 18.7. The molecule has 0 unspecified atom stereocenters. The van der Waals surface area contributed by atoms with Crippen molar-refractivity contribution in [2.24, 2.45) is 10.9 Å². The predicted molar refractivity (Wildman–Crippen MR) is 83.9 cm³/mol. The number of hydrogen-bond acceptors (Lipinski definition) is 3. The van der Waals surface area contributed by atoms with Gasteiger partial charge in [-0.1, -0.05) is 13.8 Å². The van der Waals surface area contributed by atoms with Crippen molar-refractivity contribution in [3.8, 4) is 0 Å². The van der Waals surface area contributed by atoms with Crippen LogP contribution in [-0.2, 0) is 9.53 Å². The number of unbranched alkanes of at least 4 members (excludes halogenated alkanes) is 1. The van der Waals surface area contributed by atoms with Crippen molar-refractivity contribution in [1.29, 1.82) is 0 Å². The van der Waals surface area contributed by atoms with Crippen LogP contribution in [0, 0.1) is 5.92 Å². The average Bonchev–Trinajstić information content (AvgIpc) is 2.42. The van der Waals surface area contributed by atoms with E-state index in [2.05, 4.69) is 41.1 Å². The Morgan fingerprint density at radius 3 is 2.55 bits per heavy atom. The number of guanidine groups is 1. The van der Waals surface area contributed by atoms with Gasteiger partial charge in [0.1, 0.15) is 0 Å². The van der Waals surface area contributed by atoms with Gasteiger partial charge in [0, 0.05) is 26.1 Å². The maximum atomic E-state index is 11.0. The minimum absolute atomic E-state index is 0.140. The molecule has 0 saturated carbocycles. The van der Waals surface area contributed by atoms with Gasteiger partial charge in [-0.2, -0.15) is 0 Å². The van der Waals surface area contributed by atoms with Crippen molar-refractivity contribution >= 4 is 11.9 Å². The lowest BCUT2D eigenvalue weighted by Crippen LogP contribution is -2.37. The van der Waals surface area contributed by atoms with Gasteiger partial charge >= 0.3 is 5.97 Å². The van der Waals surface area contributed by atoms with Gasteiger partial charge < -0.3 is 15.4 Å². The summed E-state index contributed by atoms with van der Waals surface area (Å²) in [5.41, 5.74) is 0. The number of nitrogens with zero attached hydrogens (tertiary/aromatic N) is 1. The molecule has 0 rings (SSSR count). The molecule has 0 aromatic carbocycles. The number of ether oxygens (including phenoxy) is 1. The van der Waals surface area contributed by atoms with E-state index in [9.17, 15) is 4.79 Å². The highest BCUT2D eigenvalue weighted by Crippen LogP contribution is 2.02. The normalized spacial score (nSPS) is 11.6. The van der Waals surface area contributed by atoms with E-state index in [0.717, 1.165) is 50.8 Å². The van der Waals surface area contributed by atoms with E-state index < -0.39 is 0 Å². The second kappa shape index (κ2) is 12.8. The van der Waals surface area contributed by atoms with E-state index in [4.69, 9.17) is 0 Å². The molecule has 20 heavy (non-hydrogen) atoms. The van der Waals surface area contributed by atoms with Gasteiger partial charge in [-0.15, -0.1) is 0 Å². The van der Waals surface area contributed by atoms with E-state index in [1.54, 1.807) is 0 Å². The number of carbonyl (C=O) groups excluding carboxylic acids is 1. The second-order valence-electron chi connectivity index (χ2n) is 5.26. The van der Waals surface area contributed by atoms with E-state index >= 15 is 0 Å². The summed E-state index contributed by atoms with van der Waals surface area (Å²) < 4.78 is 4.61. The monoisotopic (exact) mass is 285 g/mol. The highest BCUT2D eigenvalue weighted by Gasteiger charge is 2.00. The van der Waals surface area contributed by atoms with Gasteiger partial charge in [0.15, 0.2) is 5.96 Å². The Bertz CT molecular complexity index is 278. The number of carbonyl (C=O) groups is 1. The zero-order valence-electron chi connectivity index (χ0n) is 13.5. The molecule has 2 N–H and O–H groups in total. The lowest BCUT2D eigenvalue weighted by Gasteiger charge is -2.11. The smallest absolute Gasteiger partial charge is 0.305 e. The molecule has 0 radical (unpaired) electrons. The molecule has 0 aliphatic carbocycles. The molecule has 5 heteroatoms. The highest BCUT2D eigenvalue weighted by atomic mass is 16.5. The van der Waals surface area contributed by atoms with Crippen LogP contribution in [0.3, 0.4) is 0 Å². The molecule has 0 aliphatic rings. The molecule has 118 valence electrons. The van der Waals surface area contributed by atoms with Crippen LogP contribution in [0.5, 0.6) is 0 Å². The molecular formula is C15H31N3O2. The number of hydrogen-bond donors (Lipinski definition) is 2. The Morgan fingerprint density at radius 1 is 1.20 bits per heavy atom. The molecule has 0 saturated heterocycles. The van der Waals surface area contributed by atoms with Crippen LogP contribution in [0.15, 0.2) is 4.99 Å². The zero-order chi connectivity index (χ0) is 15.2. The van der Waals surface area contributed by atoms with Crippen LogP contribution in [0.1, 0.15) is 52.9 Å². The van der Waals surface area contributed by atoms with Gasteiger partial charge in [-0.25, -0.2) is 0 Å². The minimum Gasteiger partial charge on any atom is -0.469 e. The summed E-state index contributed by atoms with van der Waals surface area (Å²) in [4.78, 5) is 15.5. The zero-order valence-corrected chi connectivity index (χ0v) is 13.5. The third-order valence-electron chi connectivity index (χ3n) is 2.88. The van der Waals surface area contributed by atoms with Crippen molar-refractivity contribution in [3.05, 3.63) is 0 Å². The van der Waals surface area contributed by atoms with Crippen LogP contribution in [0.25, 0.3) is 0 Å². The molecule has 0 aromatic rings. The highest BCUT2D eigenvalue weighted by molar-refractivity contribution is 5.79. The Kier molecular flexibility index (Phi) is 12.0. The summed E-state index contributed by atoms with van der Waals surface area (Å²) in [6, 6.07) is 0. The number of esters is 1. The van der Waals surface area contributed by atoms with Gasteiger partial charge in [-0.05, 0) is 38.5 Å². The fraction of sp³-hybridized carbons (Fsp3) is 0.867. The minimum atomic E-state index is -0.140. The second-order valence-corrected chi connectivity index (χ2v) is 5.26. The number of rotatable bonds is 10. The first-order valence-electron chi connectivity index (χ1n) is 7.69. The topological polar surface area (TPSA) is 62.7 Å². The molecular weight excluding hydrogens is 254 g/mol.